The summed E-state index contributed by atoms with van der Waals surface area (Å²) in [5.74, 6) is 0.735. The fourth-order valence-corrected chi connectivity index (χ4v) is 3.54. The number of phenolic OH excluding ortho intramolecular Hbond substituents is 1. The predicted octanol–water partition coefficient (Wildman–Crippen LogP) is 2.46. The highest BCUT2D eigenvalue weighted by Gasteiger charge is 2.31. The minimum Gasteiger partial charge on any atom is -0.504 e. The number of amides is 1. The highest BCUT2D eigenvalue weighted by atomic mass is 32.2. The number of methoxy groups -OCH3 is 1. The summed E-state index contributed by atoms with van der Waals surface area (Å²) in [6.45, 7) is 2.04. The average Bonchev–Trinajstić information content (AvgIpc) is 2.58. The molecule has 2 heterocycles. The molecule has 0 spiro atoms. The van der Waals surface area contributed by atoms with Crippen molar-refractivity contribution in [2.45, 2.75) is 30.8 Å². The molecule has 1 aliphatic heterocycles. The van der Waals surface area contributed by atoms with Crippen molar-refractivity contribution in [3.05, 3.63) is 39.7 Å². The van der Waals surface area contributed by atoms with Crippen molar-refractivity contribution in [3.8, 4) is 11.5 Å². The molecule has 1 atom stereocenters. The quantitative estimate of drug-likeness (QED) is 0.558. The van der Waals surface area contributed by atoms with Gasteiger partial charge in [-0.25, -0.2) is 4.98 Å². The number of aromatic nitrogens is 2. The Balaban J connectivity index is 2.05. The maximum atomic E-state index is 12.6. The molecule has 1 amide bonds. The molecule has 2 aromatic rings. The van der Waals surface area contributed by atoms with Crippen molar-refractivity contribution in [2.75, 3.05) is 18.2 Å². The number of nitrogens with one attached hydrogen (secondary N) is 2. The molecule has 8 heteroatoms. The zero-order valence-corrected chi connectivity index (χ0v) is 14.8. The summed E-state index contributed by atoms with van der Waals surface area (Å²) in [6, 6.07) is 4.87. The Bertz CT molecular complexity index is 865. The van der Waals surface area contributed by atoms with E-state index in [9.17, 15) is 14.7 Å². The van der Waals surface area contributed by atoms with Crippen LogP contribution >= 0.6 is 11.8 Å². The number of carbonyl (C=O) groups excluding carboxylic acids is 1. The third-order valence-corrected chi connectivity index (χ3v) is 5.06. The van der Waals surface area contributed by atoms with Gasteiger partial charge in [0.25, 0.3) is 5.56 Å². The van der Waals surface area contributed by atoms with Crippen LogP contribution in [-0.4, -0.2) is 33.8 Å². The largest absolute Gasteiger partial charge is 0.504 e. The summed E-state index contributed by atoms with van der Waals surface area (Å²) in [6.07, 6.45) is 1.07. The predicted molar refractivity (Wildman–Crippen MR) is 95.6 cm³/mol. The van der Waals surface area contributed by atoms with Gasteiger partial charge in [0.05, 0.1) is 12.7 Å². The monoisotopic (exact) mass is 361 g/mol. The molecule has 0 saturated heterocycles. The number of benzene rings is 1. The summed E-state index contributed by atoms with van der Waals surface area (Å²) in [5, 5.41) is 13.2. The lowest BCUT2D eigenvalue weighted by atomic mass is 9.86. The standard InChI is InChI=1S/C17H19N3O4S/c1-3-6-25-17-19-15-14(16(23)20-17)10(8-13(22)18-15)9-4-5-12(24-2)11(21)7-9/h4-5,7,10,21H,3,6,8H2,1-2H3,(H2,18,19,20,22,23)/t10-/m1/s1. The first-order chi connectivity index (χ1) is 12.0. The van der Waals surface area contributed by atoms with Crippen molar-refractivity contribution >= 4 is 23.5 Å². The summed E-state index contributed by atoms with van der Waals surface area (Å²) >= 11 is 1.44. The summed E-state index contributed by atoms with van der Waals surface area (Å²) in [7, 11) is 1.46. The number of carbonyl (C=O) groups is 1. The fourth-order valence-electron chi connectivity index (χ4n) is 2.83. The number of fused-ring (bicyclic) bond motifs is 1. The van der Waals surface area contributed by atoms with Crippen LogP contribution in [0.25, 0.3) is 0 Å². The van der Waals surface area contributed by atoms with Crippen molar-refractivity contribution in [2.24, 2.45) is 0 Å². The summed E-state index contributed by atoms with van der Waals surface area (Å²) in [5.41, 5.74) is 0.796. The molecule has 0 fully saturated rings. The number of phenols is 1. The van der Waals surface area contributed by atoms with Gasteiger partial charge in [-0.2, -0.15) is 0 Å². The van der Waals surface area contributed by atoms with Crippen LogP contribution in [-0.2, 0) is 4.79 Å². The molecule has 0 unspecified atom stereocenters. The Morgan fingerprint density at radius 2 is 2.20 bits per heavy atom. The Kier molecular flexibility index (Phi) is 4.98. The van der Waals surface area contributed by atoms with E-state index in [0.29, 0.717) is 27.9 Å². The van der Waals surface area contributed by atoms with E-state index in [4.69, 9.17) is 4.74 Å². The number of anilines is 1. The second kappa shape index (κ2) is 7.18. The van der Waals surface area contributed by atoms with Crippen molar-refractivity contribution < 1.29 is 14.6 Å². The first-order valence-corrected chi connectivity index (χ1v) is 8.95. The van der Waals surface area contributed by atoms with E-state index in [-0.39, 0.29) is 23.6 Å². The van der Waals surface area contributed by atoms with Crippen molar-refractivity contribution in [1.29, 1.82) is 0 Å². The lowest BCUT2D eigenvalue weighted by Crippen LogP contribution is -2.31. The van der Waals surface area contributed by atoms with Gasteiger partial charge in [-0.1, -0.05) is 24.8 Å². The van der Waals surface area contributed by atoms with Gasteiger partial charge in [0.1, 0.15) is 5.82 Å². The lowest BCUT2D eigenvalue weighted by molar-refractivity contribution is -0.116. The fraction of sp³-hybridized carbons (Fsp3) is 0.353. The van der Waals surface area contributed by atoms with E-state index in [1.54, 1.807) is 12.1 Å². The number of thioether (sulfide) groups is 1. The number of H-pyrrole nitrogens is 1. The van der Waals surface area contributed by atoms with E-state index in [2.05, 4.69) is 15.3 Å². The van der Waals surface area contributed by atoms with E-state index >= 15 is 0 Å². The number of ether oxygens (including phenoxy) is 1. The number of hydrogen-bond acceptors (Lipinski definition) is 6. The molecule has 0 aliphatic carbocycles. The molecule has 3 N–H and O–H groups in total. The number of aromatic hydroxyl groups is 1. The molecular formula is C17H19N3O4S. The average molecular weight is 361 g/mol. The van der Waals surface area contributed by atoms with E-state index < -0.39 is 5.92 Å². The molecule has 0 saturated carbocycles. The molecule has 1 aliphatic rings. The van der Waals surface area contributed by atoms with Crippen LogP contribution in [0.3, 0.4) is 0 Å². The van der Waals surface area contributed by atoms with E-state index in [0.717, 1.165) is 12.2 Å². The van der Waals surface area contributed by atoms with Crippen LogP contribution < -0.4 is 15.6 Å². The van der Waals surface area contributed by atoms with Crippen LogP contribution in [0, 0.1) is 0 Å². The molecule has 1 aromatic carbocycles. The topological polar surface area (TPSA) is 104 Å². The third kappa shape index (κ3) is 3.48. The summed E-state index contributed by atoms with van der Waals surface area (Å²) < 4.78 is 5.04. The first-order valence-electron chi connectivity index (χ1n) is 7.97. The van der Waals surface area contributed by atoms with Crippen LogP contribution in [0.5, 0.6) is 11.5 Å². The normalized spacial score (nSPS) is 16.2. The zero-order valence-electron chi connectivity index (χ0n) is 14.0. The van der Waals surface area contributed by atoms with Crippen molar-refractivity contribution in [3.63, 3.8) is 0 Å². The molecular weight excluding hydrogens is 342 g/mol. The van der Waals surface area contributed by atoms with Gasteiger partial charge in [-0.3, -0.25) is 9.59 Å². The van der Waals surface area contributed by atoms with Crippen LogP contribution in [0.1, 0.15) is 36.8 Å². The number of nitrogens with zero attached hydrogens (tertiary/aromatic N) is 1. The van der Waals surface area contributed by atoms with Gasteiger partial charge in [0.2, 0.25) is 5.91 Å². The van der Waals surface area contributed by atoms with Gasteiger partial charge in [-0.15, -0.1) is 0 Å². The highest BCUT2D eigenvalue weighted by molar-refractivity contribution is 7.99. The Morgan fingerprint density at radius 1 is 1.40 bits per heavy atom. The van der Waals surface area contributed by atoms with Crippen LogP contribution in [0.2, 0.25) is 0 Å². The van der Waals surface area contributed by atoms with Gasteiger partial charge in [0.15, 0.2) is 16.7 Å². The van der Waals surface area contributed by atoms with Gasteiger partial charge < -0.3 is 20.1 Å². The van der Waals surface area contributed by atoms with Gasteiger partial charge in [-0.05, 0) is 24.1 Å². The second-order valence-corrected chi connectivity index (χ2v) is 6.80. The van der Waals surface area contributed by atoms with Crippen LogP contribution in [0.4, 0.5) is 5.82 Å². The Labute approximate surface area is 148 Å². The number of hydrogen-bond donors (Lipinski definition) is 3. The van der Waals surface area contributed by atoms with E-state index in [1.807, 2.05) is 6.92 Å². The van der Waals surface area contributed by atoms with Crippen LogP contribution in [0.15, 0.2) is 28.2 Å². The minimum atomic E-state index is -0.470. The SMILES string of the molecule is CCCSc1nc2c(c(=O)[nH]1)[C@@H](c1ccc(OC)c(O)c1)CC(=O)N2. The van der Waals surface area contributed by atoms with Gasteiger partial charge in [0, 0.05) is 18.1 Å². The lowest BCUT2D eigenvalue weighted by Gasteiger charge is -2.24. The van der Waals surface area contributed by atoms with Crippen molar-refractivity contribution in [1.82, 2.24) is 9.97 Å². The zero-order chi connectivity index (χ0) is 18.0. The molecule has 25 heavy (non-hydrogen) atoms. The third-order valence-electron chi connectivity index (χ3n) is 3.98. The minimum absolute atomic E-state index is 0.0351. The molecule has 132 valence electrons. The Morgan fingerprint density at radius 3 is 2.88 bits per heavy atom. The highest BCUT2D eigenvalue weighted by Crippen LogP contribution is 2.37. The van der Waals surface area contributed by atoms with Gasteiger partial charge >= 0.3 is 0 Å². The maximum Gasteiger partial charge on any atom is 0.257 e. The maximum absolute atomic E-state index is 12.6. The Hall–Kier alpha value is -2.48. The second-order valence-electron chi connectivity index (χ2n) is 5.72. The molecule has 1 aromatic heterocycles. The number of aromatic amines is 1. The molecule has 0 bridgehead atoms. The molecule has 3 rings (SSSR count). The summed E-state index contributed by atoms with van der Waals surface area (Å²) in [4.78, 5) is 31.9. The van der Waals surface area contributed by atoms with E-state index in [1.165, 1.54) is 24.9 Å². The first kappa shape index (κ1) is 17.3. The smallest absolute Gasteiger partial charge is 0.257 e. The number of rotatable bonds is 5. The molecule has 0 radical (unpaired) electrons. The molecule has 7 nitrogen and oxygen atoms in total.